The number of amides is 1. The number of nitrogens with zero attached hydrogens (tertiary/aromatic N) is 1. The van der Waals surface area contributed by atoms with E-state index in [1.807, 2.05) is 4.90 Å². The molecule has 1 aliphatic rings. The fourth-order valence-electron chi connectivity index (χ4n) is 2.46. The number of rotatable bonds is 3. The molecule has 1 aromatic heterocycles. The minimum absolute atomic E-state index is 0.0276. The van der Waals surface area contributed by atoms with Crippen LogP contribution < -0.4 is 5.73 Å². The predicted molar refractivity (Wildman–Crippen MR) is 83.3 cm³/mol. The number of nitrogens with two attached hydrogens (primary N) is 1. The lowest BCUT2D eigenvalue weighted by Gasteiger charge is -2.42. The van der Waals surface area contributed by atoms with Crippen LogP contribution in [0, 0.1) is 5.41 Å². The largest absolute Gasteiger partial charge is 0.342 e. The minimum atomic E-state index is 0.0276. The van der Waals surface area contributed by atoms with Crippen LogP contribution in [-0.4, -0.2) is 29.9 Å². The molecule has 3 nitrogen and oxygen atoms in total. The van der Waals surface area contributed by atoms with Crippen LogP contribution in [0.15, 0.2) is 15.9 Å². The van der Waals surface area contributed by atoms with Crippen LogP contribution in [0.3, 0.4) is 0 Å². The van der Waals surface area contributed by atoms with Gasteiger partial charge in [0.05, 0.1) is 0 Å². The molecule has 1 atom stereocenters. The van der Waals surface area contributed by atoms with Crippen molar-refractivity contribution in [3.63, 3.8) is 0 Å². The molecule has 0 aliphatic carbocycles. The summed E-state index contributed by atoms with van der Waals surface area (Å²) >= 11 is 5.14. The standard InChI is InChI=1S/C14H21BrN2OS/c1-14(2)9-17(6-5-12(14)16)13(18)4-3-11-7-10(15)8-19-11/h7-8,12H,3-6,9,16H2,1-2H3. The van der Waals surface area contributed by atoms with Crippen molar-refractivity contribution < 1.29 is 4.79 Å². The van der Waals surface area contributed by atoms with E-state index in [-0.39, 0.29) is 17.4 Å². The lowest BCUT2D eigenvalue weighted by molar-refractivity contribution is -0.134. The average molecular weight is 345 g/mol. The summed E-state index contributed by atoms with van der Waals surface area (Å²) in [6.07, 6.45) is 2.33. The van der Waals surface area contributed by atoms with Gasteiger partial charge >= 0.3 is 0 Å². The van der Waals surface area contributed by atoms with Gasteiger partial charge in [0.25, 0.3) is 0 Å². The minimum Gasteiger partial charge on any atom is -0.342 e. The molecule has 1 aliphatic heterocycles. The molecule has 5 heteroatoms. The highest BCUT2D eigenvalue weighted by Crippen LogP contribution is 2.28. The number of hydrogen-bond donors (Lipinski definition) is 1. The predicted octanol–water partition coefficient (Wildman–Crippen LogP) is 3.03. The van der Waals surface area contributed by atoms with Gasteiger partial charge in [0, 0.05) is 40.3 Å². The molecule has 0 aromatic carbocycles. The van der Waals surface area contributed by atoms with Gasteiger partial charge in [0.1, 0.15) is 0 Å². The lowest BCUT2D eigenvalue weighted by atomic mass is 9.79. The summed E-state index contributed by atoms with van der Waals surface area (Å²) < 4.78 is 1.10. The normalized spacial score (nSPS) is 22.5. The zero-order chi connectivity index (χ0) is 14.0. The van der Waals surface area contributed by atoms with Crippen LogP contribution >= 0.6 is 27.3 Å². The highest BCUT2D eigenvalue weighted by molar-refractivity contribution is 9.10. The van der Waals surface area contributed by atoms with E-state index in [2.05, 4.69) is 41.2 Å². The highest BCUT2D eigenvalue weighted by atomic mass is 79.9. The Bertz CT molecular complexity index is 458. The molecule has 106 valence electrons. The van der Waals surface area contributed by atoms with Crippen molar-refractivity contribution in [3.8, 4) is 0 Å². The Kier molecular flexibility index (Phi) is 4.69. The molecule has 0 radical (unpaired) electrons. The molecule has 2 rings (SSSR count). The SMILES string of the molecule is CC1(C)CN(C(=O)CCc2cc(Br)cs2)CCC1N. The molecule has 1 saturated heterocycles. The van der Waals surface area contributed by atoms with Crippen molar-refractivity contribution >= 4 is 33.2 Å². The smallest absolute Gasteiger partial charge is 0.222 e. The summed E-state index contributed by atoms with van der Waals surface area (Å²) in [5.41, 5.74) is 6.13. The number of carbonyl (C=O) groups excluding carboxylic acids is 1. The maximum atomic E-state index is 12.3. The Morgan fingerprint density at radius 2 is 2.37 bits per heavy atom. The van der Waals surface area contributed by atoms with Crippen molar-refractivity contribution in [3.05, 3.63) is 20.8 Å². The van der Waals surface area contributed by atoms with Gasteiger partial charge in [-0.3, -0.25) is 4.79 Å². The van der Waals surface area contributed by atoms with Gasteiger partial charge in [0.2, 0.25) is 5.91 Å². The molecule has 2 heterocycles. The van der Waals surface area contributed by atoms with Crippen LogP contribution in [0.5, 0.6) is 0 Å². The molecule has 1 amide bonds. The number of carbonyl (C=O) groups is 1. The van der Waals surface area contributed by atoms with Gasteiger partial charge in [0.15, 0.2) is 0 Å². The molecular formula is C14H21BrN2OS. The van der Waals surface area contributed by atoms with Crippen molar-refractivity contribution in [1.82, 2.24) is 4.90 Å². The van der Waals surface area contributed by atoms with Crippen LogP contribution in [0.4, 0.5) is 0 Å². The molecule has 0 spiro atoms. The summed E-state index contributed by atoms with van der Waals surface area (Å²) in [4.78, 5) is 15.5. The zero-order valence-corrected chi connectivity index (χ0v) is 13.9. The summed E-state index contributed by atoms with van der Waals surface area (Å²) in [5, 5.41) is 2.06. The van der Waals surface area contributed by atoms with Crippen LogP contribution in [-0.2, 0) is 11.2 Å². The fraction of sp³-hybridized carbons (Fsp3) is 0.643. The van der Waals surface area contributed by atoms with Gasteiger partial charge in [-0.2, -0.15) is 0 Å². The molecule has 1 unspecified atom stereocenters. The maximum Gasteiger partial charge on any atom is 0.222 e. The van der Waals surface area contributed by atoms with E-state index >= 15 is 0 Å². The van der Waals surface area contributed by atoms with E-state index < -0.39 is 0 Å². The van der Waals surface area contributed by atoms with Gasteiger partial charge in [-0.05, 0) is 40.3 Å². The van der Waals surface area contributed by atoms with Crippen molar-refractivity contribution in [2.75, 3.05) is 13.1 Å². The summed E-state index contributed by atoms with van der Waals surface area (Å²) in [6.45, 7) is 5.87. The van der Waals surface area contributed by atoms with E-state index in [1.54, 1.807) is 11.3 Å². The first-order chi connectivity index (χ1) is 8.88. The Balaban J connectivity index is 1.87. The third-order valence-electron chi connectivity index (χ3n) is 3.87. The third-order valence-corrected chi connectivity index (χ3v) is 5.63. The number of aryl methyl sites for hydroxylation is 1. The Morgan fingerprint density at radius 1 is 1.63 bits per heavy atom. The van der Waals surface area contributed by atoms with E-state index in [1.165, 1.54) is 4.88 Å². The monoisotopic (exact) mass is 344 g/mol. The Labute approximate surface area is 127 Å². The van der Waals surface area contributed by atoms with Gasteiger partial charge < -0.3 is 10.6 Å². The van der Waals surface area contributed by atoms with Gasteiger partial charge in [-0.15, -0.1) is 11.3 Å². The second-order valence-electron chi connectivity index (χ2n) is 5.93. The van der Waals surface area contributed by atoms with E-state index in [9.17, 15) is 4.79 Å². The second kappa shape index (κ2) is 5.94. The van der Waals surface area contributed by atoms with E-state index in [0.29, 0.717) is 6.42 Å². The van der Waals surface area contributed by atoms with Gasteiger partial charge in [-0.1, -0.05) is 13.8 Å². The van der Waals surface area contributed by atoms with E-state index in [4.69, 9.17) is 5.73 Å². The number of thiophene rings is 1. The van der Waals surface area contributed by atoms with Gasteiger partial charge in [-0.25, -0.2) is 0 Å². The number of piperidine rings is 1. The maximum absolute atomic E-state index is 12.3. The topological polar surface area (TPSA) is 46.3 Å². The zero-order valence-electron chi connectivity index (χ0n) is 11.5. The number of hydrogen-bond acceptors (Lipinski definition) is 3. The van der Waals surface area contributed by atoms with E-state index in [0.717, 1.165) is 30.4 Å². The molecule has 1 aromatic rings. The first-order valence-corrected chi connectivity index (χ1v) is 8.32. The lowest BCUT2D eigenvalue weighted by Crippen LogP contribution is -2.54. The summed E-state index contributed by atoms with van der Waals surface area (Å²) in [5.74, 6) is 0.254. The first kappa shape index (κ1) is 15.0. The molecule has 0 bridgehead atoms. The van der Waals surface area contributed by atoms with Crippen molar-refractivity contribution in [2.45, 2.75) is 39.2 Å². The number of likely N-dealkylation sites (tertiary alicyclic amines) is 1. The van der Waals surface area contributed by atoms with Crippen LogP contribution in [0.2, 0.25) is 0 Å². The third kappa shape index (κ3) is 3.80. The molecule has 19 heavy (non-hydrogen) atoms. The molecule has 1 fully saturated rings. The molecule has 0 saturated carbocycles. The average Bonchev–Trinajstić information content (AvgIpc) is 2.75. The Hall–Kier alpha value is -0.390. The quantitative estimate of drug-likeness (QED) is 0.915. The molecule has 2 N–H and O–H groups in total. The number of halogens is 1. The first-order valence-electron chi connectivity index (χ1n) is 6.65. The van der Waals surface area contributed by atoms with Crippen molar-refractivity contribution in [2.24, 2.45) is 11.1 Å². The van der Waals surface area contributed by atoms with Crippen molar-refractivity contribution in [1.29, 1.82) is 0 Å². The summed E-state index contributed by atoms with van der Waals surface area (Å²) in [7, 11) is 0. The summed E-state index contributed by atoms with van der Waals surface area (Å²) in [6, 6.07) is 2.29. The highest BCUT2D eigenvalue weighted by Gasteiger charge is 2.34. The second-order valence-corrected chi connectivity index (χ2v) is 7.84. The fourth-order valence-corrected chi connectivity index (χ4v) is 3.92. The van der Waals surface area contributed by atoms with Crippen LogP contribution in [0.25, 0.3) is 0 Å². The van der Waals surface area contributed by atoms with Crippen LogP contribution in [0.1, 0.15) is 31.6 Å². The molecular weight excluding hydrogens is 324 g/mol. The Morgan fingerprint density at radius 3 is 2.95 bits per heavy atom.